The quantitative estimate of drug-likeness (QED) is 0.542. The Morgan fingerprint density at radius 3 is 2.29 bits per heavy atom. The fourth-order valence-corrected chi connectivity index (χ4v) is 4.28. The summed E-state index contributed by atoms with van der Waals surface area (Å²) in [7, 11) is 4.64. The van der Waals surface area contributed by atoms with Gasteiger partial charge in [0, 0.05) is 37.6 Å². The van der Waals surface area contributed by atoms with Crippen LogP contribution in [0.1, 0.15) is 34.3 Å². The van der Waals surface area contributed by atoms with Gasteiger partial charge in [0.2, 0.25) is 11.7 Å². The van der Waals surface area contributed by atoms with E-state index in [1.807, 2.05) is 18.2 Å². The smallest absolute Gasteiger partial charge is 0.339 e. The van der Waals surface area contributed by atoms with E-state index < -0.39 is 5.60 Å². The van der Waals surface area contributed by atoms with Gasteiger partial charge < -0.3 is 23.8 Å². The Hall–Kier alpha value is -3.48. The maximum Gasteiger partial charge on any atom is 0.339 e. The molecule has 1 spiro atoms. The van der Waals surface area contributed by atoms with E-state index in [-0.39, 0.29) is 11.9 Å². The van der Waals surface area contributed by atoms with Crippen molar-refractivity contribution in [2.45, 2.75) is 18.4 Å². The molecule has 0 aromatic heterocycles. The van der Waals surface area contributed by atoms with Gasteiger partial charge in [-0.15, -0.1) is 0 Å². The van der Waals surface area contributed by atoms with Crippen molar-refractivity contribution < 1.29 is 28.5 Å². The second-order valence-electron chi connectivity index (χ2n) is 7.55. The lowest BCUT2D eigenvalue weighted by Gasteiger charge is -2.38. The first kappa shape index (κ1) is 20.8. The summed E-state index contributed by atoms with van der Waals surface area (Å²) >= 11 is 0. The number of ether oxygens (including phenoxy) is 4. The van der Waals surface area contributed by atoms with Gasteiger partial charge in [-0.3, -0.25) is 4.79 Å². The second-order valence-corrected chi connectivity index (χ2v) is 7.55. The van der Waals surface area contributed by atoms with Gasteiger partial charge in [-0.05, 0) is 29.8 Å². The number of benzene rings is 2. The molecule has 2 heterocycles. The van der Waals surface area contributed by atoms with Crippen LogP contribution < -0.4 is 14.2 Å². The van der Waals surface area contributed by atoms with Crippen LogP contribution in [0.5, 0.6) is 17.2 Å². The molecular formula is C24H25NO6. The predicted molar refractivity (Wildman–Crippen MR) is 114 cm³/mol. The number of fused-ring (bicyclic) bond motifs is 2. The van der Waals surface area contributed by atoms with Crippen LogP contribution in [0.4, 0.5) is 0 Å². The Morgan fingerprint density at radius 2 is 1.68 bits per heavy atom. The van der Waals surface area contributed by atoms with Gasteiger partial charge in [0.05, 0.1) is 26.9 Å². The molecule has 7 nitrogen and oxygen atoms in total. The van der Waals surface area contributed by atoms with Crippen molar-refractivity contribution in [3.05, 3.63) is 59.2 Å². The van der Waals surface area contributed by atoms with E-state index >= 15 is 0 Å². The molecule has 1 amide bonds. The highest BCUT2D eigenvalue weighted by molar-refractivity contribution is 5.95. The summed E-state index contributed by atoms with van der Waals surface area (Å²) in [6, 6.07) is 11.1. The van der Waals surface area contributed by atoms with Crippen LogP contribution in [-0.4, -0.2) is 51.2 Å². The van der Waals surface area contributed by atoms with E-state index in [0.29, 0.717) is 48.7 Å². The van der Waals surface area contributed by atoms with Crippen LogP contribution in [0.2, 0.25) is 0 Å². The molecule has 0 unspecified atom stereocenters. The van der Waals surface area contributed by atoms with Crippen LogP contribution in [0, 0.1) is 0 Å². The average Bonchev–Trinajstić information content (AvgIpc) is 3.08. The molecule has 7 heteroatoms. The van der Waals surface area contributed by atoms with E-state index in [1.54, 1.807) is 50.5 Å². The number of likely N-dealkylation sites (tertiary alicyclic amines) is 1. The minimum absolute atomic E-state index is 0.0961. The first-order chi connectivity index (χ1) is 15.0. The topological polar surface area (TPSA) is 74.3 Å². The van der Waals surface area contributed by atoms with Crippen LogP contribution >= 0.6 is 0 Å². The van der Waals surface area contributed by atoms with Crippen LogP contribution in [0.25, 0.3) is 6.08 Å². The lowest BCUT2D eigenvalue weighted by atomic mass is 9.84. The van der Waals surface area contributed by atoms with Crippen LogP contribution in [0.3, 0.4) is 0 Å². The highest BCUT2D eigenvalue weighted by Crippen LogP contribution is 2.44. The Morgan fingerprint density at radius 1 is 1.03 bits per heavy atom. The molecule has 0 bridgehead atoms. The number of nitrogens with zero attached hydrogens (tertiary/aromatic N) is 1. The molecule has 2 aliphatic rings. The highest BCUT2D eigenvalue weighted by atomic mass is 16.6. The number of carbonyl (C=O) groups excluding carboxylic acids is 2. The summed E-state index contributed by atoms with van der Waals surface area (Å²) < 4.78 is 21.8. The molecule has 0 aliphatic carbocycles. The maximum atomic E-state index is 12.8. The van der Waals surface area contributed by atoms with Crippen molar-refractivity contribution >= 4 is 18.0 Å². The first-order valence-corrected chi connectivity index (χ1v) is 10.1. The van der Waals surface area contributed by atoms with E-state index in [9.17, 15) is 9.59 Å². The minimum atomic E-state index is -0.620. The standard InChI is InChI=1S/C24H25NO6/c1-28-19-14-16(15-20(29-2)22(19)30-3)8-9-21(26)25-12-10-24(11-13-25)18-7-5-4-6-17(18)23(27)31-24/h4-9,14-15H,10-13H2,1-3H3/b9-8+. The average molecular weight is 423 g/mol. The number of carbonyl (C=O) groups is 2. The number of amides is 1. The lowest BCUT2D eigenvalue weighted by Crippen LogP contribution is -2.44. The number of piperidine rings is 1. The van der Waals surface area contributed by atoms with Crippen molar-refractivity contribution in [1.82, 2.24) is 4.90 Å². The van der Waals surface area contributed by atoms with Gasteiger partial charge in [0.1, 0.15) is 5.60 Å². The number of hydrogen-bond acceptors (Lipinski definition) is 6. The summed E-state index contributed by atoms with van der Waals surface area (Å²) in [5.41, 5.74) is 1.70. The maximum absolute atomic E-state index is 12.8. The Balaban J connectivity index is 1.46. The van der Waals surface area contributed by atoms with Gasteiger partial charge in [-0.1, -0.05) is 18.2 Å². The third kappa shape index (κ3) is 3.71. The Labute approximate surface area is 181 Å². The summed E-state index contributed by atoms with van der Waals surface area (Å²) in [5.74, 6) is 1.17. The van der Waals surface area contributed by atoms with Crippen molar-refractivity contribution in [3.63, 3.8) is 0 Å². The van der Waals surface area contributed by atoms with Crippen LogP contribution in [-0.2, 0) is 15.1 Å². The molecular weight excluding hydrogens is 398 g/mol. The third-order valence-electron chi connectivity index (χ3n) is 5.91. The molecule has 31 heavy (non-hydrogen) atoms. The zero-order chi connectivity index (χ0) is 22.0. The lowest BCUT2D eigenvalue weighted by molar-refractivity contribution is -0.130. The van der Waals surface area contributed by atoms with E-state index in [2.05, 4.69) is 0 Å². The third-order valence-corrected chi connectivity index (χ3v) is 5.91. The van der Waals surface area contributed by atoms with Crippen molar-refractivity contribution in [2.75, 3.05) is 34.4 Å². The normalized spacial score (nSPS) is 16.9. The number of rotatable bonds is 5. The zero-order valence-corrected chi connectivity index (χ0v) is 17.8. The predicted octanol–water partition coefficient (Wildman–Crippen LogP) is 3.41. The largest absolute Gasteiger partial charge is 0.493 e. The van der Waals surface area contributed by atoms with Crippen molar-refractivity contribution in [2.24, 2.45) is 0 Å². The summed E-state index contributed by atoms with van der Waals surface area (Å²) in [5, 5.41) is 0. The van der Waals surface area contributed by atoms with Gasteiger partial charge in [0.15, 0.2) is 11.5 Å². The molecule has 0 atom stereocenters. The molecule has 1 saturated heterocycles. The molecule has 0 radical (unpaired) electrons. The SMILES string of the molecule is COc1cc(/C=C/C(=O)N2CCC3(CC2)OC(=O)c2ccccc23)cc(OC)c1OC. The molecule has 4 rings (SSSR count). The van der Waals surface area contributed by atoms with E-state index in [0.717, 1.165) is 11.1 Å². The minimum Gasteiger partial charge on any atom is -0.493 e. The molecule has 162 valence electrons. The van der Waals surface area contributed by atoms with Gasteiger partial charge in [-0.25, -0.2) is 4.79 Å². The Bertz CT molecular complexity index is 1010. The molecule has 2 aromatic rings. The van der Waals surface area contributed by atoms with Crippen molar-refractivity contribution in [3.8, 4) is 17.2 Å². The van der Waals surface area contributed by atoms with E-state index in [4.69, 9.17) is 18.9 Å². The number of esters is 1. The molecule has 1 fully saturated rings. The van der Waals surface area contributed by atoms with Gasteiger partial charge in [0.25, 0.3) is 0 Å². The molecule has 2 aliphatic heterocycles. The van der Waals surface area contributed by atoms with Gasteiger partial charge >= 0.3 is 5.97 Å². The van der Waals surface area contributed by atoms with E-state index in [1.165, 1.54) is 6.08 Å². The number of hydrogen-bond donors (Lipinski definition) is 0. The summed E-state index contributed by atoms with van der Waals surface area (Å²) in [6.07, 6.45) is 4.43. The summed E-state index contributed by atoms with van der Waals surface area (Å²) in [6.45, 7) is 1.03. The number of methoxy groups -OCH3 is 3. The molecule has 2 aromatic carbocycles. The highest BCUT2D eigenvalue weighted by Gasteiger charge is 2.47. The monoisotopic (exact) mass is 423 g/mol. The zero-order valence-electron chi connectivity index (χ0n) is 17.8. The van der Waals surface area contributed by atoms with Crippen molar-refractivity contribution in [1.29, 1.82) is 0 Å². The fourth-order valence-electron chi connectivity index (χ4n) is 4.28. The second kappa shape index (κ2) is 8.34. The first-order valence-electron chi connectivity index (χ1n) is 10.1. The van der Waals surface area contributed by atoms with Crippen LogP contribution in [0.15, 0.2) is 42.5 Å². The molecule has 0 N–H and O–H groups in total. The molecule has 0 saturated carbocycles. The fraction of sp³-hybridized carbons (Fsp3) is 0.333. The van der Waals surface area contributed by atoms with Gasteiger partial charge in [-0.2, -0.15) is 0 Å². The Kier molecular flexibility index (Phi) is 5.59. The summed E-state index contributed by atoms with van der Waals surface area (Å²) in [4.78, 5) is 26.8.